The molecule has 0 bridgehead atoms. The van der Waals surface area contributed by atoms with E-state index >= 15 is 0 Å². The molecule has 0 saturated carbocycles. The quantitative estimate of drug-likeness (QED) is 0.668. The molecule has 2 aromatic rings. The predicted octanol–water partition coefficient (Wildman–Crippen LogP) is 2.72. The van der Waals surface area contributed by atoms with Crippen molar-refractivity contribution in [2.75, 3.05) is 0 Å². The van der Waals surface area contributed by atoms with Gasteiger partial charge in [-0.25, -0.2) is 9.97 Å². The lowest BCUT2D eigenvalue weighted by molar-refractivity contribution is 0.785. The van der Waals surface area contributed by atoms with Crippen molar-refractivity contribution >= 4 is 11.0 Å². The summed E-state index contributed by atoms with van der Waals surface area (Å²) in [6, 6.07) is 0. The third-order valence-electron chi connectivity index (χ3n) is 1.73. The zero-order valence-corrected chi connectivity index (χ0v) is 10.4. The minimum absolute atomic E-state index is 0.887. The highest BCUT2D eigenvalue weighted by molar-refractivity contribution is 5.76. The SMILES string of the molecule is CC.CC.Cc1ncnc2c1cnn2C. The lowest BCUT2D eigenvalue weighted by Gasteiger charge is -1.93. The van der Waals surface area contributed by atoms with Crippen LogP contribution in [0.3, 0.4) is 0 Å². The zero-order chi connectivity index (χ0) is 11.8. The topological polar surface area (TPSA) is 43.6 Å². The number of hydrogen-bond donors (Lipinski definition) is 0. The van der Waals surface area contributed by atoms with E-state index in [-0.39, 0.29) is 0 Å². The van der Waals surface area contributed by atoms with E-state index in [9.17, 15) is 0 Å². The first kappa shape index (κ1) is 13.5. The van der Waals surface area contributed by atoms with Crippen LogP contribution in [0.5, 0.6) is 0 Å². The summed E-state index contributed by atoms with van der Waals surface area (Å²) in [6.07, 6.45) is 3.34. The summed E-state index contributed by atoms with van der Waals surface area (Å²) in [5.41, 5.74) is 1.86. The molecule has 0 saturated heterocycles. The third kappa shape index (κ3) is 3.01. The highest BCUT2D eigenvalue weighted by Gasteiger charge is 2.01. The van der Waals surface area contributed by atoms with Gasteiger partial charge in [-0.15, -0.1) is 0 Å². The normalized spacial score (nSPS) is 8.67. The molecule has 0 spiro atoms. The molecule has 0 unspecified atom stereocenters. The van der Waals surface area contributed by atoms with Gasteiger partial charge in [0.2, 0.25) is 0 Å². The van der Waals surface area contributed by atoms with Crippen LogP contribution >= 0.6 is 0 Å². The number of hydrogen-bond acceptors (Lipinski definition) is 3. The lowest BCUT2D eigenvalue weighted by Crippen LogP contribution is -1.92. The summed E-state index contributed by atoms with van der Waals surface area (Å²) in [7, 11) is 1.87. The second-order valence-corrected chi connectivity index (χ2v) is 2.46. The van der Waals surface area contributed by atoms with E-state index in [4.69, 9.17) is 0 Å². The Morgan fingerprint density at radius 2 is 1.67 bits per heavy atom. The van der Waals surface area contributed by atoms with E-state index < -0.39 is 0 Å². The number of aromatic nitrogens is 4. The summed E-state index contributed by atoms with van der Waals surface area (Å²) in [5, 5.41) is 5.09. The Kier molecular flexibility index (Phi) is 6.25. The Morgan fingerprint density at radius 1 is 1.07 bits per heavy atom. The van der Waals surface area contributed by atoms with E-state index in [1.165, 1.54) is 0 Å². The van der Waals surface area contributed by atoms with E-state index in [1.807, 2.05) is 41.7 Å². The average Bonchev–Trinajstić information content (AvgIpc) is 2.68. The van der Waals surface area contributed by atoms with E-state index in [0.29, 0.717) is 0 Å². The molecule has 2 heterocycles. The van der Waals surface area contributed by atoms with Crippen LogP contribution in [0.1, 0.15) is 33.4 Å². The van der Waals surface area contributed by atoms with Crippen LogP contribution < -0.4 is 0 Å². The number of fused-ring (bicyclic) bond motifs is 1. The summed E-state index contributed by atoms with van der Waals surface area (Å²) >= 11 is 0. The van der Waals surface area contributed by atoms with Crippen molar-refractivity contribution in [3.63, 3.8) is 0 Å². The first-order chi connectivity index (χ1) is 7.29. The van der Waals surface area contributed by atoms with Crippen LogP contribution in [-0.4, -0.2) is 19.7 Å². The molecule has 0 amide bonds. The van der Waals surface area contributed by atoms with E-state index in [0.717, 1.165) is 16.7 Å². The summed E-state index contributed by atoms with van der Waals surface area (Å²) in [4.78, 5) is 8.15. The zero-order valence-electron chi connectivity index (χ0n) is 10.4. The van der Waals surface area contributed by atoms with Crippen molar-refractivity contribution < 1.29 is 0 Å². The Hall–Kier alpha value is -1.45. The smallest absolute Gasteiger partial charge is 0.161 e. The lowest BCUT2D eigenvalue weighted by atomic mass is 10.3. The minimum Gasteiger partial charge on any atom is -0.250 e. The van der Waals surface area contributed by atoms with Crippen molar-refractivity contribution in [3.8, 4) is 0 Å². The highest BCUT2D eigenvalue weighted by atomic mass is 15.3. The van der Waals surface area contributed by atoms with Crippen molar-refractivity contribution in [2.45, 2.75) is 34.6 Å². The molecule has 0 aliphatic rings. The molecule has 0 N–H and O–H groups in total. The van der Waals surface area contributed by atoms with Crippen molar-refractivity contribution in [2.24, 2.45) is 7.05 Å². The molecule has 84 valence electrons. The Labute approximate surface area is 91.4 Å². The minimum atomic E-state index is 0.887. The maximum absolute atomic E-state index is 4.09. The van der Waals surface area contributed by atoms with Crippen LogP contribution in [0.2, 0.25) is 0 Å². The molecular formula is C11H20N4. The molecule has 0 atom stereocenters. The molecule has 0 aliphatic carbocycles. The number of nitrogens with zero attached hydrogens (tertiary/aromatic N) is 4. The van der Waals surface area contributed by atoms with Crippen LogP contribution in [0.4, 0.5) is 0 Å². The summed E-state index contributed by atoms with van der Waals surface area (Å²) in [6.45, 7) is 9.95. The van der Waals surface area contributed by atoms with Gasteiger partial charge in [0, 0.05) is 7.05 Å². The maximum Gasteiger partial charge on any atom is 0.161 e. The largest absolute Gasteiger partial charge is 0.250 e. The molecule has 4 heteroatoms. The van der Waals surface area contributed by atoms with Crippen LogP contribution in [0, 0.1) is 6.92 Å². The average molecular weight is 208 g/mol. The predicted molar refractivity (Wildman–Crippen MR) is 63.7 cm³/mol. The van der Waals surface area contributed by atoms with Gasteiger partial charge < -0.3 is 0 Å². The summed E-state index contributed by atoms with van der Waals surface area (Å²) in [5.74, 6) is 0. The molecule has 0 aliphatic heterocycles. The van der Waals surface area contributed by atoms with Gasteiger partial charge in [-0.2, -0.15) is 5.10 Å². The molecule has 4 nitrogen and oxygen atoms in total. The molecular weight excluding hydrogens is 188 g/mol. The first-order valence-electron chi connectivity index (χ1n) is 5.38. The second-order valence-electron chi connectivity index (χ2n) is 2.46. The van der Waals surface area contributed by atoms with Gasteiger partial charge in [0.15, 0.2) is 5.65 Å². The fourth-order valence-electron chi connectivity index (χ4n) is 1.08. The van der Waals surface area contributed by atoms with Crippen LogP contribution in [-0.2, 0) is 7.05 Å². The second kappa shape index (κ2) is 6.92. The maximum atomic E-state index is 4.09. The third-order valence-corrected chi connectivity index (χ3v) is 1.73. The van der Waals surface area contributed by atoms with Gasteiger partial charge in [-0.3, -0.25) is 4.68 Å². The fourth-order valence-corrected chi connectivity index (χ4v) is 1.08. The van der Waals surface area contributed by atoms with Crippen LogP contribution in [0.25, 0.3) is 11.0 Å². The molecule has 15 heavy (non-hydrogen) atoms. The number of aryl methyl sites for hydroxylation is 2. The van der Waals surface area contributed by atoms with E-state index in [2.05, 4.69) is 15.1 Å². The summed E-state index contributed by atoms with van der Waals surface area (Å²) < 4.78 is 1.74. The van der Waals surface area contributed by atoms with Gasteiger partial charge in [0.1, 0.15) is 6.33 Å². The van der Waals surface area contributed by atoms with Crippen molar-refractivity contribution in [1.82, 2.24) is 19.7 Å². The molecule has 0 fully saturated rings. The Bertz CT molecular complexity index is 392. The van der Waals surface area contributed by atoms with Gasteiger partial charge in [-0.05, 0) is 6.92 Å². The standard InChI is InChI=1S/C7H8N4.2C2H6/c1-5-6-3-10-11(2)7(6)9-4-8-5;2*1-2/h3-4H,1-2H3;2*1-2H3. The Morgan fingerprint density at radius 3 is 2.20 bits per heavy atom. The number of rotatable bonds is 0. The highest BCUT2D eigenvalue weighted by Crippen LogP contribution is 2.10. The molecule has 2 rings (SSSR count). The van der Waals surface area contributed by atoms with Gasteiger partial charge in [0.05, 0.1) is 17.3 Å². The van der Waals surface area contributed by atoms with Gasteiger partial charge in [0.25, 0.3) is 0 Å². The van der Waals surface area contributed by atoms with Crippen molar-refractivity contribution in [1.29, 1.82) is 0 Å². The van der Waals surface area contributed by atoms with Gasteiger partial charge in [-0.1, -0.05) is 27.7 Å². The van der Waals surface area contributed by atoms with E-state index in [1.54, 1.807) is 17.2 Å². The van der Waals surface area contributed by atoms with Crippen molar-refractivity contribution in [3.05, 3.63) is 18.2 Å². The van der Waals surface area contributed by atoms with Gasteiger partial charge >= 0.3 is 0 Å². The monoisotopic (exact) mass is 208 g/mol. The molecule has 2 aromatic heterocycles. The van der Waals surface area contributed by atoms with Crippen LogP contribution in [0.15, 0.2) is 12.5 Å². The Balaban J connectivity index is 0.000000442. The molecule has 0 radical (unpaired) electrons. The first-order valence-corrected chi connectivity index (χ1v) is 5.38. The molecule has 0 aromatic carbocycles. The fraction of sp³-hybridized carbons (Fsp3) is 0.545.